The predicted octanol–water partition coefficient (Wildman–Crippen LogP) is 2.66. The van der Waals surface area contributed by atoms with Crippen molar-refractivity contribution in [3.05, 3.63) is 35.1 Å². The summed E-state index contributed by atoms with van der Waals surface area (Å²) in [5.41, 5.74) is 5.62. The number of fused-ring (bicyclic) bond motifs is 1. The van der Waals surface area contributed by atoms with Gasteiger partial charge in [0.1, 0.15) is 0 Å². The Balaban J connectivity index is 1.65. The van der Waals surface area contributed by atoms with E-state index in [4.69, 9.17) is 5.84 Å². The van der Waals surface area contributed by atoms with E-state index in [1.165, 1.54) is 25.7 Å². The average Bonchev–Trinajstić information content (AvgIpc) is 3.00. The van der Waals surface area contributed by atoms with Crippen molar-refractivity contribution < 1.29 is 0 Å². The maximum Gasteiger partial charge on any atom is 0.193 e. The van der Waals surface area contributed by atoms with Crippen LogP contribution in [0.5, 0.6) is 0 Å². The fourth-order valence-corrected chi connectivity index (χ4v) is 3.44. The van der Waals surface area contributed by atoms with Crippen LogP contribution in [0, 0.1) is 0 Å². The Morgan fingerprint density at radius 3 is 3.11 bits per heavy atom. The van der Waals surface area contributed by atoms with Crippen LogP contribution in [0.4, 0.5) is 0 Å². The molecule has 1 atom stereocenters. The zero-order chi connectivity index (χ0) is 13.1. The van der Waals surface area contributed by atoms with Gasteiger partial charge in [0.15, 0.2) is 4.96 Å². The van der Waals surface area contributed by atoms with Gasteiger partial charge in [-0.15, -0.1) is 11.3 Å². The highest BCUT2D eigenvalue weighted by Crippen LogP contribution is 2.22. The first-order valence-electron chi connectivity index (χ1n) is 6.90. The minimum atomic E-state index is 0.286. The lowest BCUT2D eigenvalue weighted by Crippen LogP contribution is -2.37. The summed E-state index contributed by atoms with van der Waals surface area (Å²) >= 11 is 1.67. The smallest absolute Gasteiger partial charge is 0.193 e. The SMILES string of the molecule is NNC(CC1=CCCCC1)Cc1cn2ccsc2n1. The number of imidazole rings is 1. The fourth-order valence-electron chi connectivity index (χ4n) is 2.72. The molecule has 0 aromatic carbocycles. The third kappa shape index (κ3) is 3.05. The molecule has 2 aromatic heterocycles. The first-order chi connectivity index (χ1) is 9.35. The van der Waals surface area contributed by atoms with Crippen LogP contribution in [0.15, 0.2) is 29.4 Å². The quantitative estimate of drug-likeness (QED) is 0.501. The van der Waals surface area contributed by atoms with E-state index >= 15 is 0 Å². The third-order valence-electron chi connectivity index (χ3n) is 3.73. The summed E-state index contributed by atoms with van der Waals surface area (Å²) in [4.78, 5) is 5.68. The van der Waals surface area contributed by atoms with Gasteiger partial charge in [0.05, 0.1) is 5.69 Å². The molecular formula is C14H20N4S. The Morgan fingerprint density at radius 2 is 2.37 bits per heavy atom. The molecule has 1 unspecified atom stereocenters. The number of nitrogens with two attached hydrogens (primary N) is 1. The van der Waals surface area contributed by atoms with Gasteiger partial charge < -0.3 is 0 Å². The number of thiazole rings is 1. The van der Waals surface area contributed by atoms with E-state index in [1.54, 1.807) is 16.9 Å². The summed E-state index contributed by atoms with van der Waals surface area (Å²) in [6.07, 6.45) is 13.6. The molecule has 0 bridgehead atoms. The molecule has 0 saturated carbocycles. The van der Waals surface area contributed by atoms with Crippen molar-refractivity contribution in [1.82, 2.24) is 14.8 Å². The summed E-state index contributed by atoms with van der Waals surface area (Å²) in [7, 11) is 0. The monoisotopic (exact) mass is 276 g/mol. The highest BCUT2D eigenvalue weighted by molar-refractivity contribution is 7.15. The van der Waals surface area contributed by atoms with Gasteiger partial charge in [-0.05, 0) is 32.1 Å². The minimum Gasteiger partial charge on any atom is -0.297 e. The van der Waals surface area contributed by atoms with Gasteiger partial charge in [0, 0.05) is 30.2 Å². The third-order valence-corrected chi connectivity index (χ3v) is 4.50. The highest BCUT2D eigenvalue weighted by atomic mass is 32.1. The van der Waals surface area contributed by atoms with Gasteiger partial charge in [-0.1, -0.05) is 11.6 Å². The summed E-state index contributed by atoms with van der Waals surface area (Å²) < 4.78 is 2.08. The van der Waals surface area contributed by atoms with Crippen LogP contribution in [-0.2, 0) is 6.42 Å². The van der Waals surface area contributed by atoms with Gasteiger partial charge in [-0.25, -0.2) is 4.98 Å². The molecule has 0 aliphatic heterocycles. The maximum atomic E-state index is 5.70. The van der Waals surface area contributed by atoms with E-state index in [1.807, 2.05) is 6.20 Å². The molecule has 2 heterocycles. The van der Waals surface area contributed by atoms with Crippen molar-refractivity contribution >= 4 is 16.3 Å². The Morgan fingerprint density at radius 1 is 1.42 bits per heavy atom. The van der Waals surface area contributed by atoms with Gasteiger partial charge in [0.2, 0.25) is 0 Å². The average molecular weight is 276 g/mol. The van der Waals surface area contributed by atoms with Crippen molar-refractivity contribution in [1.29, 1.82) is 0 Å². The molecule has 0 fully saturated rings. The van der Waals surface area contributed by atoms with Crippen LogP contribution in [0.25, 0.3) is 4.96 Å². The molecule has 19 heavy (non-hydrogen) atoms. The molecule has 0 amide bonds. The lowest BCUT2D eigenvalue weighted by atomic mass is 9.93. The first kappa shape index (κ1) is 12.8. The Bertz CT molecular complexity index is 540. The van der Waals surface area contributed by atoms with Gasteiger partial charge in [-0.3, -0.25) is 15.7 Å². The second-order valence-electron chi connectivity index (χ2n) is 5.21. The molecule has 2 aromatic rings. The summed E-state index contributed by atoms with van der Waals surface area (Å²) in [6, 6.07) is 0.286. The molecule has 0 spiro atoms. The second kappa shape index (κ2) is 5.86. The normalized spacial score (nSPS) is 17.6. The maximum absolute atomic E-state index is 5.70. The lowest BCUT2D eigenvalue weighted by molar-refractivity contribution is 0.501. The highest BCUT2D eigenvalue weighted by Gasteiger charge is 2.14. The predicted molar refractivity (Wildman–Crippen MR) is 79.1 cm³/mol. The minimum absolute atomic E-state index is 0.286. The molecule has 1 aliphatic carbocycles. The van der Waals surface area contributed by atoms with Crippen molar-refractivity contribution in [2.45, 2.75) is 44.6 Å². The molecule has 4 nitrogen and oxygen atoms in total. The summed E-state index contributed by atoms with van der Waals surface area (Å²) in [6.45, 7) is 0. The van der Waals surface area contributed by atoms with Crippen LogP contribution in [-0.4, -0.2) is 15.4 Å². The Kier molecular flexibility index (Phi) is 3.96. The summed E-state index contributed by atoms with van der Waals surface area (Å²) in [5, 5.41) is 2.05. The molecule has 0 radical (unpaired) electrons. The molecule has 3 rings (SSSR count). The van der Waals surface area contributed by atoms with Crippen molar-refractivity contribution in [3.8, 4) is 0 Å². The number of nitrogens with one attached hydrogen (secondary N) is 1. The largest absolute Gasteiger partial charge is 0.297 e. The van der Waals surface area contributed by atoms with Crippen molar-refractivity contribution in [2.24, 2.45) is 5.84 Å². The van der Waals surface area contributed by atoms with Crippen LogP contribution in [0.1, 0.15) is 37.8 Å². The lowest BCUT2D eigenvalue weighted by Gasteiger charge is -2.19. The Hall–Kier alpha value is -1.17. The zero-order valence-electron chi connectivity index (χ0n) is 11.0. The van der Waals surface area contributed by atoms with E-state index in [0.717, 1.165) is 23.5 Å². The van der Waals surface area contributed by atoms with Crippen LogP contribution in [0.2, 0.25) is 0 Å². The molecule has 5 heteroatoms. The number of rotatable bonds is 5. The number of hydrogen-bond donors (Lipinski definition) is 2. The molecule has 102 valence electrons. The van der Waals surface area contributed by atoms with E-state index in [9.17, 15) is 0 Å². The molecular weight excluding hydrogens is 256 g/mol. The topological polar surface area (TPSA) is 55.3 Å². The van der Waals surface area contributed by atoms with Crippen molar-refractivity contribution in [2.75, 3.05) is 0 Å². The number of hydrogen-bond acceptors (Lipinski definition) is 4. The first-order valence-corrected chi connectivity index (χ1v) is 7.78. The van der Waals surface area contributed by atoms with Gasteiger partial charge in [0.25, 0.3) is 0 Å². The van der Waals surface area contributed by atoms with Gasteiger partial charge in [-0.2, -0.15) is 0 Å². The second-order valence-corrected chi connectivity index (χ2v) is 6.08. The van der Waals surface area contributed by atoms with Crippen LogP contribution in [0.3, 0.4) is 0 Å². The number of hydrazine groups is 1. The van der Waals surface area contributed by atoms with E-state index in [2.05, 4.69) is 32.5 Å². The van der Waals surface area contributed by atoms with Crippen LogP contribution < -0.4 is 11.3 Å². The molecule has 0 saturated heterocycles. The fraction of sp³-hybridized carbons (Fsp3) is 0.500. The van der Waals surface area contributed by atoms with E-state index < -0.39 is 0 Å². The van der Waals surface area contributed by atoms with E-state index in [-0.39, 0.29) is 6.04 Å². The van der Waals surface area contributed by atoms with E-state index in [0.29, 0.717) is 0 Å². The summed E-state index contributed by atoms with van der Waals surface area (Å²) in [5.74, 6) is 5.70. The molecule has 1 aliphatic rings. The number of aromatic nitrogens is 2. The van der Waals surface area contributed by atoms with Crippen molar-refractivity contribution in [3.63, 3.8) is 0 Å². The standard InChI is InChI=1S/C14H20N4S/c15-17-12(8-11-4-2-1-3-5-11)9-13-10-18-6-7-19-14(18)16-13/h4,6-7,10,12,17H,1-3,5,8-9,15H2. The number of allylic oxidation sites excluding steroid dienone is 1. The molecule has 3 N–H and O–H groups in total. The Labute approximate surface area is 117 Å². The number of nitrogens with zero attached hydrogens (tertiary/aromatic N) is 2. The van der Waals surface area contributed by atoms with Gasteiger partial charge >= 0.3 is 0 Å². The zero-order valence-corrected chi connectivity index (χ0v) is 11.8. The van der Waals surface area contributed by atoms with Crippen LogP contribution >= 0.6 is 11.3 Å².